The van der Waals surface area contributed by atoms with Crippen LogP contribution in [0.1, 0.15) is 56.4 Å². The van der Waals surface area contributed by atoms with Crippen LogP contribution in [0.5, 0.6) is 5.75 Å². The minimum absolute atomic E-state index is 0.0845. The van der Waals surface area contributed by atoms with Crippen LogP contribution in [0.4, 0.5) is 15.8 Å². The Morgan fingerprint density at radius 2 is 1.71 bits per heavy atom. The van der Waals surface area contributed by atoms with Gasteiger partial charge in [-0.15, -0.1) is 0 Å². The smallest absolute Gasteiger partial charge is 0.259 e. The molecule has 0 spiro atoms. The molecule has 2 aliphatic rings. The number of hydrogen-bond donors (Lipinski definition) is 2. The van der Waals surface area contributed by atoms with Crippen molar-refractivity contribution in [1.29, 1.82) is 5.26 Å². The first-order valence-electron chi connectivity index (χ1n) is 21.1. The van der Waals surface area contributed by atoms with Gasteiger partial charge in [0.25, 0.3) is 5.91 Å². The maximum Gasteiger partial charge on any atom is 0.259 e. The first-order valence-corrected chi connectivity index (χ1v) is 21.9. The van der Waals surface area contributed by atoms with Gasteiger partial charge in [0.1, 0.15) is 35.8 Å². The molecule has 5 aromatic rings. The molecule has 2 N–H and O–H groups in total. The van der Waals surface area contributed by atoms with Crippen molar-refractivity contribution in [3.05, 3.63) is 119 Å². The highest BCUT2D eigenvalue weighted by Gasteiger charge is 2.51. The lowest BCUT2D eigenvalue weighted by atomic mass is 10.0. The number of aryl methyl sites for hydroxylation is 1. The first kappa shape index (κ1) is 46.3. The third kappa shape index (κ3) is 10.5. The molecule has 336 valence electrons. The summed E-state index contributed by atoms with van der Waals surface area (Å²) in [7, 11) is 0. The summed E-state index contributed by atoms with van der Waals surface area (Å²) in [5.74, 6) is -0.597. The van der Waals surface area contributed by atoms with Crippen LogP contribution in [0.25, 0.3) is 22.5 Å². The average Bonchev–Trinajstić information content (AvgIpc) is 4.01. The molecule has 65 heavy (non-hydrogen) atoms. The van der Waals surface area contributed by atoms with Crippen LogP contribution in [0, 0.1) is 24.1 Å². The van der Waals surface area contributed by atoms with Crippen molar-refractivity contribution >= 4 is 63.9 Å². The zero-order valence-corrected chi connectivity index (χ0v) is 37.6. The van der Waals surface area contributed by atoms with Gasteiger partial charge in [-0.1, -0.05) is 54.1 Å². The quantitative estimate of drug-likeness (QED) is 0.0700. The Hall–Kier alpha value is -6.67. The third-order valence-corrected chi connectivity index (χ3v) is 12.0. The molecule has 3 heterocycles. The summed E-state index contributed by atoms with van der Waals surface area (Å²) in [6.07, 6.45) is 3.93. The summed E-state index contributed by atoms with van der Waals surface area (Å²) in [6.45, 7) is 6.24. The number of ether oxygens (including phenoxy) is 2. The summed E-state index contributed by atoms with van der Waals surface area (Å²) in [4.78, 5) is 60.4. The molecule has 7 rings (SSSR count). The number of carbonyl (C=O) groups excluding carboxylic acids is 4. The molecule has 2 fully saturated rings. The molecule has 0 radical (unpaired) electrons. The van der Waals surface area contributed by atoms with E-state index < -0.39 is 23.3 Å². The number of carbonyl (C=O) groups is 4. The molecule has 2 aliphatic heterocycles. The lowest BCUT2D eigenvalue weighted by Gasteiger charge is -2.30. The molecule has 1 atom stereocenters. The van der Waals surface area contributed by atoms with Crippen LogP contribution < -0.4 is 25.2 Å². The summed E-state index contributed by atoms with van der Waals surface area (Å²) in [5.41, 5.74) is 3.53. The summed E-state index contributed by atoms with van der Waals surface area (Å²) in [5, 5.41) is 15.0. The first-order chi connectivity index (χ1) is 31.3. The monoisotopic (exact) mass is 919 g/mol. The number of oxazole rings is 1. The highest BCUT2D eigenvalue weighted by molar-refractivity contribution is 7.81. The fourth-order valence-electron chi connectivity index (χ4n) is 7.76. The number of nitrogens with zero attached hydrogens (tertiary/aromatic N) is 5. The van der Waals surface area contributed by atoms with Gasteiger partial charge in [0, 0.05) is 25.3 Å². The van der Waals surface area contributed by atoms with Gasteiger partial charge in [-0.25, -0.2) is 9.37 Å². The van der Waals surface area contributed by atoms with Crippen LogP contribution in [0.2, 0.25) is 5.02 Å². The number of nitrogens with one attached hydrogen (secondary N) is 2. The van der Waals surface area contributed by atoms with E-state index in [4.69, 9.17) is 37.7 Å². The second kappa shape index (κ2) is 20.4. The number of hydrogen-bond acceptors (Lipinski definition) is 10. The highest BCUT2D eigenvalue weighted by atomic mass is 35.5. The van der Waals surface area contributed by atoms with Crippen molar-refractivity contribution in [2.45, 2.75) is 64.6 Å². The van der Waals surface area contributed by atoms with Gasteiger partial charge in [-0.2, -0.15) is 5.26 Å². The molecular weight excluding hydrogens is 873 g/mol. The van der Waals surface area contributed by atoms with Crippen molar-refractivity contribution in [2.75, 3.05) is 42.7 Å². The molecule has 17 heteroatoms. The van der Waals surface area contributed by atoms with Crippen molar-refractivity contribution in [3.8, 4) is 34.3 Å². The second-order valence-electron chi connectivity index (χ2n) is 16.1. The van der Waals surface area contributed by atoms with E-state index in [-0.39, 0.29) is 52.3 Å². The Labute approximate surface area is 386 Å². The lowest BCUT2D eigenvalue weighted by molar-refractivity contribution is -0.139. The maximum absolute atomic E-state index is 15.8. The number of benzene rings is 4. The molecule has 2 saturated heterocycles. The van der Waals surface area contributed by atoms with E-state index in [9.17, 15) is 24.4 Å². The van der Waals surface area contributed by atoms with E-state index in [1.54, 1.807) is 44.2 Å². The van der Waals surface area contributed by atoms with Crippen LogP contribution in [0.15, 0.2) is 95.7 Å². The van der Waals surface area contributed by atoms with Gasteiger partial charge < -0.3 is 34.3 Å². The lowest BCUT2D eigenvalue weighted by Crippen LogP contribution is -2.49. The van der Waals surface area contributed by atoms with E-state index in [0.717, 1.165) is 22.4 Å². The third-order valence-electron chi connectivity index (χ3n) is 11.3. The van der Waals surface area contributed by atoms with Crippen molar-refractivity contribution in [2.24, 2.45) is 0 Å². The zero-order valence-electron chi connectivity index (χ0n) is 36.1. The van der Waals surface area contributed by atoms with Crippen molar-refractivity contribution < 1.29 is 37.5 Å². The molecule has 0 bridgehead atoms. The Bertz CT molecular complexity index is 2630. The molecular formula is C48H47ClFN7O7S. The van der Waals surface area contributed by atoms with Crippen LogP contribution in [-0.2, 0) is 30.5 Å². The average molecular weight is 920 g/mol. The van der Waals surface area contributed by atoms with E-state index in [1.165, 1.54) is 39.3 Å². The predicted octanol–water partition coefficient (Wildman–Crippen LogP) is 7.50. The number of thiocarbonyl (C=S) groups is 1. The second-order valence-corrected chi connectivity index (χ2v) is 16.9. The van der Waals surface area contributed by atoms with Gasteiger partial charge in [0.05, 0.1) is 40.8 Å². The topological polar surface area (TPSA) is 170 Å². The Morgan fingerprint density at radius 3 is 2.40 bits per heavy atom. The molecule has 0 aliphatic carbocycles. The zero-order chi connectivity index (χ0) is 46.3. The fraction of sp³-hybridized carbons (Fsp3) is 0.312. The van der Waals surface area contributed by atoms with E-state index in [1.807, 2.05) is 49.4 Å². The normalized spacial score (nSPS) is 15.6. The Balaban J connectivity index is 0.790. The molecule has 14 nitrogen and oxygen atoms in total. The van der Waals surface area contributed by atoms with E-state index >= 15 is 4.39 Å². The number of halogens is 2. The molecule has 1 aromatic heterocycles. The summed E-state index contributed by atoms with van der Waals surface area (Å²) < 4.78 is 32.7. The van der Waals surface area contributed by atoms with E-state index in [2.05, 4.69) is 15.6 Å². The highest BCUT2D eigenvalue weighted by Crippen LogP contribution is 2.39. The summed E-state index contributed by atoms with van der Waals surface area (Å²) >= 11 is 11.9. The number of likely N-dealkylation sites (tertiary alicyclic amines) is 1. The fourth-order valence-corrected chi connectivity index (χ4v) is 8.49. The molecule has 0 unspecified atom stereocenters. The summed E-state index contributed by atoms with van der Waals surface area (Å²) in [6, 6.07) is 25.6. The van der Waals surface area contributed by atoms with Crippen molar-refractivity contribution in [3.63, 3.8) is 0 Å². The molecule has 4 aromatic carbocycles. The van der Waals surface area contributed by atoms with Crippen LogP contribution in [0.3, 0.4) is 0 Å². The number of unbranched alkanes of at least 4 members (excludes halogenated alkanes) is 1. The van der Waals surface area contributed by atoms with Crippen LogP contribution in [-0.4, -0.2) is 83.1 Å². The van der Waals surface area contributed by atoms with Gasteiger partial charge in [-0.3, -0.25) is 24.1 Å². The predicted molar refractivity (Wildman–Crippen MR) is 246 cm³/mol. The standard InChI is InChI=1S/C48H47ClFN7O7S/c1-30-44(64-29-54-30)33-10-8-31(9-11-33)26-53-45(60)41-7-6-20-55(41)43(59)27-52-42(58)28-62-21-4-5-22-63-37-17-13-32(14-18-37)34-15-19-40(39(50)23-34)57-47(65)56(46(61)48(57,2)3)36-16-12-35(25-51)38(49)24-36/h8-19,23-24,29,41H,4-7,20-22,26-28H2,1-3H3,(H,52,58)(H,53,60)/t41-/m0/s1. The van der Waals surface area contributed by atoms with Gasteiger partial charge in [0.15, 0.2) is 17.3 Å². The number of rotatable bonds is 17. The number of nitriles is 1. The molecule has 4 amide bonds. The number of anilines is 2. The Morgan fingerprint density at radius 1 is 0.985 bits per heavy atom. The number of amides is 4. The minimum atomic E-state index is -1.21. The van der Waals surface area contributed by atoms with E-state index in [0.29, 0.717) is 74.7 Å². The van der Waals surface area contributed by atoms with Crippen molar-refractivity contribution in [1.82, 2.24) is 20.5 Å². The minimum Gasteiger partial charge on any atom is -0.494 e. The SMILES string of the molecule is Cc1ncoc1-c1ccc(CNC(=O)[C@@H]2CCCN2C(=O)CNC(=O)COCCCCOc2ccc(-c3ccc(N4C(=S)N(c5ccc(C#N)c(Cl)c5)C(=O)C4(C)C)c(F)c3)cc2)cc1. The van der Waals surface area contributed by atoms with Gasteiger partial charge in [0.2, 0.25) is 17.7 Å². The maximum atomic E-state index is 15.8. The van der Waals surface area contributed by atoms with Crippen LogP contribution >= 0.6 is 23.8 Å². The molecule has 0 saturated carbocycles. The van der Waals surface area contributed by atoms with Gasteiger partial charge >= 0.3 is 0 Å². The Kier molecular flexibility index (Phi) is 14.6. The largest absolute Gasteiger partial charge is 0.494 e. The number of aromatic nitrogens is 1. The van der Waals surface area contributed by atoms with Gasteiger partial charge in [-0.05, 0) is 118 Å².